The van der Waals surface area contributed by atoms with E-state index in [1.54, 1.807) is 12.7 Å². The van der Waals surface area contributed by atoms with Crippen molar-refractivity contribution in [1.29, 1.82) is 0 Å². The highest BCUT2D eigenvalue weighted by Crippen LogP contribution is 2.29. The summed E-state index contributed by atoms with van der Waals surface area (Å²) in [7, 11) is 0. The maximum Gasteiger partial charge on any atom is 0.251 e. The van der Waals surface area contributed by atoms with Gasteiger partial charge in [-0.1, -0.05) is 30.3 Å². The lowest BCUT2D eigenvalue weighted by Gasteiger charge is -2.11. The number of rotatable bonds is 4. The molecule has 1 saturated carbocycles. The number of aromatic nitrogens is 4. The number of hydrogen-bond donors (Lipinski definition) is 1. The second-order valence-electron chi connectivity index (χ2n) is 7.57. The number of aryl methyl sites for hydroxylation is 2. The van der Waals surface area contributed by atoms with Gasteiger partial charge in [-0.15, -0.1) is 0 Å². The minimum atomic E-state index is -0.0339. The van der Waals surface area contributed by atoms with Gasteiger partial charge in [-0.3, -0.25) is 9.36 Å². The van der Waals surface area contributed by atoms with Crippen molar-refractivity contribution in [2.24, 2.45) is 0 Å². The summed E-state index contributed by atoms with van der Waals surface area (Å²) in [4.78, 5) is 26.1. The molecule has 1 aliphatic carbocycles. The first kappa shape index (κ1) is 17.6. The average Bonchev–Trinajstić information content (AvgIpc) is 3.44. The molecule has 1 fully saturated rings. The van der Waals surface area contributed by atoms with Crippen molar-refractivity contribution in [2.45, 2.75) is 32.7 Å². The van der Waals surface area contributed by atoms with Gasteiger partial charge in [0.05, 0.1) is 5.69 Å². The predicted molar refractivity (Wildman–Crippen MR) is 112 cm³/mol. The van der Waals surface area contributed by atoms with Crippen LogP contribution >= 0.6 is 0 Å². The molecule has 144 valence electrons. The number of benzene rings is 2. The zero-order chi connectivity index (χ0) is 20.0. The third-order valence-electron chi connectivity index (χ3n) is 5.38. The molecule has 0 spiro atoms. The van der Waals surface area contributed by atoms with E-state index in [1.807, 2.05) is 47.9 Å². The van der Waals surface area contributed by atoms with Crippen LogP contribution in [0.1, 0.15) is 34.3 Å². The molecule has 1 amide bonds. The van der Waals surface area contributed by atoms with E-state index >= 15 is 0 Å². The number of nitrogens with one attached hydrogen (secondary N) is 1. The lowest BCUT2D eigenvalue weighted by Crippen LogP contribution is -2.25. The van der Waals surface area contributed by atoms with Gasteiger partial charge in [0, 0.05) is 17.2 Å². The van der Waals surface area contributed by atoms with E-state index in [0.717, 1.165) is 52.1 Å². The Hall–Kier alpha value is -3.54. The molecule has 0 unspecified atom stereocenters. The monoisotopic (exact) mass is 383 g/mol. The molecule has 2 heterocycles. The summed E-state index contributed by atoms with van der Waals surface area (Å²) in [6.07, 6.45) is 5.46. The highest BCUT2D eigenvalue weighted by molar-refractivity contribution is 5.95. The van der Waals surface area contributed by atoms with Gasteiger partial charge in [-0.05, 0) is 49.9 Å². The normalized spacial score (nSPS) is 13.6. The second-order valence-corrected chi connectivity index (χ2v) is 7.57. The van der Waals surface area contributed by atoms with Crippen molar-refractivity contribution < 1.29 is 4.79 Å². The van der Waals surface area contributed by atoms with Gasteiger partial charge in [0.15, 0.2) is 5.65 Å². The Morgan fingerprint density at radius 1 is 1.03 bits per heavy atom. The van der Waals surface area contributed by atoms with Crippen LogP contribution < -0.4 is 5.32 Å². The number of carbonyl (C=O) groups is 1. The van der Waals surface area contributed by atoms with Crippen molar-refractivity contribution >= 4 is 17.1 Å². The minimum Gasteiger partial charge on any atom is -0.349 e. The Bertz CT molecular complexity index is 1240. The molecule has 0 aliphatic heterocycles. The topological polar surface area (TPSA) is 72.7 Å². The average molecular weight is 383 g/mol. The van der Waals surface area contributed by atoms with E-state index in [0.29, 0.717) is 11.6 Å². The van der Waals surface area contributed by atoms with Crippen LogP contribution in [0.15, 0.2) is 55.1 Å². The summed E-state index contributed by atoms with van der Waals surface area (Å²) in [5.74, 6) is -0.0339. The van der Waals surface area contributed by atoms with Gasteiger partial charge >= 0.3 is 0 Å². The van der Waals surface area contributed by atoms with Crippen molar-refractivity contribution in [3.63, 3.8) is 0 Å². The number of imidazole rings is 1. The molecule has 6 nitrogen and oxygen atoms in total. The Morgan fingerprint density at radius 2 is 1.86 bits per heavy atom. The molecule has 4 aromatic rings. The molecular formula is C23H21N5O. The zero-order valence-corrected chi connectivity index (χ0v) is 16.4. The first-order valence-corrected chi connectivity index (χ1v) is 9.78. The Morgan fingerprint density at radius 3 is 2.66 bits per heavy atom. The van der Waals surface area contributed by atoms with E-state index in [4.69, 9.17) is 0 Å². The number of hydrogen-bond acceptors (Lipinski definition) is 4. The largest absolute Gasteiger partial charge is 0.349 e. The van der Waals surface area contributed by atoms with Crippen LogP contribution in [-0.4, -0.2) is 31.5 Å². The maximum absolute atomic E-state index is 12.5. The van der Waals surface area contributed by atoms with E-state index in [1.165, 1.54) is 0 Å². The summed E-state index contributed by atoms with van der Waals surface area (Å²) in [5, 5.41) is 3.05. The summed E-state index contributed by atoms with van der Waals surface area (Å²) in [5.41, 5.74) is 7.04. The summed E-state index contributed by atoms with van der Waals surface area (Å²) >= 11 is 0. The highest BCUT2D eigenvalue weighted by atomic mass is 16.1. The molecule has 1 N–H and O–H groups in total. The molecule has 0 radical (unpaired) electrons. The van der Waals surface area contributed by atoms with Gasteiger partial charge in [-0.2, -0.15) is 0 Å². The van der Waals surface area contributed by atoms with Gasteiger partial charge in [0.1, 0.15) is 23.9 Å². The first-order chi connectivity index (χ1) is 14.1. The van der Waals surface area contributed by atoms with Crippen LogP contribution in [0.4, 0.5) is 0 Å². The van der Waals surface area contributed by atoms with E-state index in [9.17, 15) is 4.79 Å². The van der Waals surface area contributed by atoms with Crippen molar-refractivity contribution in [1.82, 2.24) is 24.8 Å². The Balaban J connectivity index is 1.62. The van der Waals surface area contributed by atoms with Crippen molar-refractivity contribution in [2.75, 3.05) is 0 Å². The third kappa shape index (κ3) is 3.16. The Kier molecular flexibility index (Phi) is 4.12. The first-order valence-electron chi connectivity index (χ1n) is 9.78. The van der Waals surface area contributed by atoms with E-state index in [-0.39, 0.29) is 5.91 Å². The number of fused-ring (bicyclic) bond motifs is 1. The highest BCUT2D eigenvalue weighted by Gasteiger charge is 2.24. The van der Waals surface area contributed by atoms with E-state index in [2.05, 4.69) is 33.3 Å². The maximum atomic E-state index is 12.5. The fourth-order valence-corrected chi connectivity index (χ4v) is 3.55. The van der Waals surface area contributed by atoms with Crippen LogP contribution in [0.2, 0.25) is 0 Å². The second kappa shape index (κ2) is 6.81. The molecule has 29 heavy (non-hydrogen) atoms. The smallest absolute Gasteiger partial charge is 0.251 e. The minimum absolute atomic E-state index is 0.0339. The standard InChI is InChI=1S/C23H21N5O/c1-14-5-3-4-6-18(14)20-21-22(25-12-24-20)28(13-26-21)19-11-16(8-7-15(19)2)23(29)27-17-9-10-17/h3-8,11-13,17H,9-10H2,1-2H3,(H,27,29). The van der Waals surface area contributed by atoms with Crippen LogP contribution in [0.25, 0.3) is 28.1 Å². The van der Waals surface area contributed by atoms with Crippen molar-refractivity contribution in [3.05, 3.63) is 71.8 Å². The van der Waals surface area contributed by atoms with Crippen molar-refractivity contribution in [3.8, 4) is 16.9 Å². The van der Waals surface area contributed by atoms with Gasteiger partial charge in [0.2, 0.25) is 0 Å². The quantitative estimate of drug-likeness (QED) is 0.578. The molecule has 5 rings (SSSR count). The van der Waals surface area contributed by atoms with Crippen LogP contribution in [-0.2, 0) is 0 Å². The van der Waals surface area contributed by atoms with Crippen LogP contribution in [0.5, 0.6) is 0 Å². The van der Waals surface area contributed by atoms with E-state index < -0.39 is 0 Å². The van der Waals surface area contributed by atoms with Crippen LogP contribution in [0, 0.1) is 13.8 Å². The molecule has 0 bridgehead atoms. The molecule has 6 heteroatoms. The lowest BCUT2D eigenvalue weighted by molar-refractivity contribution is 0.0951. The number of carbonyl (C=O) groups excluding carboxylic acids is 1. The fraction of sp³-hybridized carbons (Fsp3) is 0.217. The fourth-order valence-electron chi connectivity index (χ4n) is 3.55. The number of amides is 1. The molecule has 2 aromatic heterocycles. The third-order valence-corrected chi connectivity index (χ3v) is 5.38. The molecule has 2 aromatic carbocycles. The Labute approximate surface area is 168 Å². The summed E-state index contributed by atoms with van der Waals surface area (Å²) < 4.78 is 1.93. The number of nitrogens with zero attached hydrogens (tertiary/aromatic N) is 4. The zero-order valence-electron chi connectivity index (χ0n) is 16.4. The summed E-state index contributed by atoms with van der Waals surface area (Å²) in [6.45, 7) is 4.08. The molecule has 0 saturated heterocycles. The van der Waals surface area contributed by atoms with Crippen LogP contribution in [0.3, 0.4) is 0 Å². The summed E-state index contributed by atoms with van der Waals surface area (Å²) in [6, 6.07) is 14.2. The SMILES string of the molecule is Cc1ccccc1-c1ncnc2c1ncn2-c1cc(C(=O)NC2CC2)ccc1C. The lowest BCUT2D eigenvalue weighted by atomic mass is 10.1. The molecule has 1 aliphatic rings. The molecular weight excluding hydrogens is 362 g/mol. The van der Waals surface area contributed by atoms with Gasteiger partial charge in [0.25, 0.3) is 5.91 Å². The predicted octanol–water partition coefficient (Wildman–Crippen LogP) is 3.99. The van der Waals surface area contributed by atoms with Gasteiger partial charge < -0.3 is 5.32 Å². The van der Waals surface area contributed by atoms with Gasteiger partial charge in [-0.25, -0.2) is 15.0 Å². The molecule has 0 atom stereocenters.